The first-order valence-corrected chi connectivity index (χ1v) is 12.0. The average molecular weight is 443 g/mol. The monoisotopic (exact) mass is 442 g/mol. The Bertz CT molecular complexity index is 964. The summed E-state index contributed by atoms with van der Waals surface area (Å²) in [6.07, 6.45) is 5.55. The van der Waals surface area contributed by atoms with E-state index in [1.807, 2.05) is 4.90 Å². The highest BCUT2D eigenvalue weighted by Gasteiger charge is 2.33. The van der Waals surface area contributed by atoms with Gasteiger partial charge in [0.2, 0.25) is 11.8 Å². The maximum absolute atomic E-state index is 13.1. The number of nitrogens with one attached hydrogen (secondary N) is 1. The molecule has 2 heterocycles. The molecule has 1 aliphatic heterocycles. The Morgan fingerprint density at radius 1 is 1.03 bits per heavy atom. The minimum absolute atomic E-state index is 0.0182. The molecule has 8 heteroatoms. The molecule has 0 radical (unpaired) electrons. The van der Waals surface area contributed by atoms with Crippen molar-refractivity contribution in [2.75, 3.05) is 36.4 Å². The zero-order valence-corrected chi connectivity index (χ0v) is 18.3. The van der Waals surface area contributed by atoms with E-state index in [9.17, 15) is 14.0 Å². The largest absolute Gasteiger partial charge is 0.345 e. The van der Waals surface area contributed by atoms with Crippen LogP contribution < -0.4 is 10.2 Å². The Morgan fingerprint density at radius 3 is 2.45 bits per heavy atom. The van der Waals surface area contributed by atoms with E-state index in [-0.39, 0.29) is 23.6 Å². The molecular formula is C23H27FN4O2S. The first kappa shape index (κ1) is 20.4. The molecule has 5 rings (SSSR count). The molecule has 1 saturated carbocycles. The quantitative estimate of drug-likeness (QED) is 0.788. The second-order valence-corrected chi connectivity index (χ2v) is 9.80. The van der Waals surface area contributed by atoms with Gasteiger partial charge in [-0.2, -0.15) is 0 Å². The molecule has 2 aromatic rings. The van der Waals surface area contributed by atoms with Crippen molar-refractivity contribution >= 4 is 34.0 Å². The van der Waals surface area contributed by atoms with E-state index in [4.69, 9.17) is 4.98 Å². The van der Waals surface area contributed by atoms with E-state index in [1.165, 1.54) is 23.4 Å². The number of thiazole rings is 1. The lowest BCUT2D eigenvalue weighted by atomic mass is 9.84. The third-order valence-electron chi connectivity index (χ3n) is 6.73. The highest BCUT2D eigenvalue weighted by Crippen LogP contribution is 2.35. The molecule has 0 spiro atoms. The molecule has 1 saturated heterocycles. The summed E-state index contributed by atoms with van der Waals surface area (Å²) in [4.78, 5) is 35.5. The predicted molar refractivity (Wildman–Crippen MR) is 119 cm³/mol. The van der Waals surface area contributed by atoms with Gasteiger partial charge in [-0.1, -0.05) is 6.42 Å². The third-order valence-corrected chi connectivity index (χ3v) is 7.91. The minimum Gasteiger partial charge on any atom is -0.345 e. The summed E-state index contributed by atoms with van der Waals surface area (Å²) in [5.41, 5.74) is 1.73. The Balaban J connectivity index is 1.18. The van der Waals surface area contributed by atoms with Crippen molar-refractivity contribution in [3.05, 3.63) is 40.7 Å². The standard InChI is InChI=1S/C23H27FN4O2S/c24-17-5-7-18(8-6-17)25-21(29)16-4-9-19-20(14-16)31-23(26-19)28-12-10-27(11-13-28)22(30)15-2-1-3-15/h5-8,15-16H,1-4,9-14H2,(H,25,29)/t16-/m0/s1. The number of benzene rings is 1. The van der Waals surface area contributed by atoms with Crippen LogP contribution >= 0.6 is 11.3 Å². The van der Waals surface area contributed by atoms with Gasteiger partial charge in [-0.3, -0.25) is 9.59 Å². The van der Waals surface area contributed by atoms with Gasteiger partial charge in [-0.25, -0.2) is 9.37 Å². The number of anilines is 2. The molecule has 1 aromatic carbocycles. The molecule has 0 bridgehead atoms. The number of fused-ring (bicyclic) bond motifs is 1. The lowest BCUT2D eigenvalue weighted by Gasteiger charge is -2.38. The number of carbonyl (C=O) groups excluding carboxylic acids is 2. The maximum atomic E-state index is 13.1. The smallest absolute Gasteiger partial charge is 0.227 e. The van der Waals surface area contributed by atoms with Gasteiger partial charge in [0.15, 0.2) is 5.13 Å². The molecular weight excluding hydrogens is 415 g/mol. The first-order valence-electron chi connectivity index (χ1n) is 11.2. The molecule has 31 heavy (non-hydrogen) atoms. The van der Waals surface area contributed by atoms with Gasteiger partial charge in [0.05, 0.1) is 5.69 Å². The molecule has 2 amide bonds. The minimum atomic E-state index is -0.314. The van der Waals surface area contributed by atoms with Gasteiger partial charge in [0, 0.05) is 48.6 Å². The van der Waals surface area contributed by atoms with E-state index in [0.29, 0.717) is 18.0 Å². The van der Waals surface area contributed by atoms with Gasteiger partial charge in [0.25, 0.3) is 0 Å². The molecule has 0 unspecified atom stereocenters. The van der Waals surface area contributed by atoms with Crippen molar-refractivity contribution in [1.82, 2.24) is 9.88 Å². The molecule has 1 N–H and O–H groups in total. The van der Waals surface area contributed by atoms with Crippen LogP contribution in [0.5, 0.6) is 0 Å². The van der Waals surface area contributed by atoms with Gasteiger partial charge < -0.3 is 15.1 Å². The number of nitrogens with zero attached hydrogens (tertiary/aromatic N) is 3. The molecule has 2 aliphatic carbocycles. The predicted octanol–water partition coefficient (Wildman–Crippen LogP) is 3.47. The van der Waals surface area contributed by atoms with Crippen LogP contribution in [0.3, 0.4) is 0 Å². The van der Waals surface area contributed by atoms with Crippen LogP contribution in [0.4, 0.5) is 15.2 Å². The highest BCUT2D eigenvalue weighted by molar-refractivity contribution is 7.15. The summed E-state index contributed by atoms with van der Waals surface area (Å²) in [6.45, 7) is 3.17. The van der Waals surface area contributed by atoms with Gasteiger partial charge in [0.1, 0.15) is 5.82 Å². The summed E-state index contributed by atoms with van der Waals surface area (Å²) >= 11 is 1.68. The van der Waals surface area contributed by atoms with Crippen molar-refractivity contribution in [1.29, 1.82) is 0 Å². The number of hydrogen-bond acceptors (Lipinski definition) is 5. The van der Waals surface area contributed by atoms with E-state index in [2.05, 4.69) is 10.2 Å². The molecule has 164 valence electrons. The number of piperazine rings is 1. The Hall–Kier alpha value is -2.48. The summed E-state index contributed by atoms with van der Waals surface area (Å²) in [7, 11) is 0. The number of aryl methyl sites for hydroxylation is 1. The first-order chi connectivity index (χ1) is 15.1. The number of carbonyl (C=O) groups is 2. The fraction of sp³-hybridized carbons (Fsp3) is 0.522. The molecule has 1 atom stereocenters. The van der Waals surface area contributed by atoms with Crippen molar-refractivity contribution in [3.63, 3.8) is 0 Å². The number of rotatable bonds is 4. The fourth-order valence-corrected chi connectivity index (χ4v) is 5.77. The normalized spacial score (nSPS) is 21.4. The summed E-state index contributed by atoms with van der Waals surface area (Å²) < 4.78 is 13.1. The average Bonchev–Trinajstić information content (AvgIpc) is 3.17. The Labute approximate surface area is 185 Å². The summed E-state index contributed by atoms with van der Waals surface area (Å²) in [6, 6.07) is 5.87. The lowest BCUT2D eigenvalue weighted by molar-refractivity contribution is -0.138. The van der Waals surface area contributed by atoms with E-state index >= 15 is 0 Å². The van der Waals surface area contributed by atoms with Crippen LogP contribution in [0.1, 0.15) is 36.3 Å². The topological polar surface area (TPSA) is 65.5 Å². The molecule has 1 aromatic heterocycles. The van der Waals surface area contributed by atoms with Crippen LogP contribution in [0, 0.1) is 17.7 Å². The van der Waals surface area contributed by atoms with Crippen molar-refractivity contribution < 1.29 is 14.0 Å². The van der Waals surface area contributed by atoms with Crippen molar-refractivity contribution in [2.45, 2.75) is 38.5 Å². The van der Waals surface area contributed by atoms with Gasteiger partial charge >= 0.3 is 0 Å². The maximum Gasteiger partial charge on any atom is 0.227 e. The van der Waals surface area contributed by atoms with Crippen molar-refractivity contribution in [2.24, 2.45) is 11.8 Å². The second-order valence-electron chi connectivity index (χ2n) is 8.74. The fourth-order valence-electron chi connectivity index (χ4n) is 4.53. The van der Waals surface area contributed by atoms with Crippen LogP contribution in [-0.2, 0) is 22.4 Å². The van der Waals surface area contributed by atoms with Crippen LogP contribution in [0.2, 0.25) is 0 Å². The summed E-state index contributed by atoms with van der Waals surface area (Å²) in [5, 5.41) is 3.92. The number of hydrogen-bond donors (Lipinski definition) is 1. The van der Waals surface area contributed by atoms with E-state index in [0.717, 1.165) is 62.7 Å². The van der Waals surface area contributed by atoms with Crippen LogP contribution in [0.25, 0.3) is 0 Å². The van der Waals surface area contributed by atoms with Crippen molar-refractivity contribution in [3.8, 4) is 0 Å². The highest BCUT2D eigenvalue weighted by atomic mass is 32.1. The third kappa shape index (κ3) is 4.31. The summed E-state index contributed by atoms with van der Waals surface area (Å²) in [5.74, 6) is 0.167. The van der Waals surface area contributed by atoms with Crippen LogP contribution in [0.15, 0.2) is 24.3 Å². The van der Waals surface area contributed by atoms with Gasteiger partial charge in [-0.05, 0) is 56.4 Å². The van der Waals surface area contributed by atoms with Gasteiger partial charge in [-0.15, -0.1) is 11.3 Å². The number of amides is 2. The molecule has 6 nitrogen and oxygen atoms in total. The molecule has 3 aliphatic rings. The Kier molecular flexibility index (Phi) is 5.65. The Morgan fingerprint density at radius 2 is 1.77 bits per heavy atom. The zero-order valence-electron chi connectivity index (χ0n) is 17.5. The SMILES string of the molecule is O=C(Nc1ccc(F)cc1)[C@H]1CCc2nc(N3CCN(C(=O)C4CCC4)CC3)sc2C1. The molecule has 2 fully saturated rings. The number of halogens is 1. The van der Waals surface area contributed by atoms with E-state index in [1.54, 1.807) is 23.5 Å². The lowest BCUT2D eigenvalue weighted by Crippen LogP contribution is -2.51. The second kappa shape index (κ2) is 8.57. The number of aromatic nitrogens is 1. The van der Waals surface area contributed by atoms with E-state index < -0.39 is 0 Å². The van der Waals surface area contributed by atoms with Crippen LogP contribution in [-0.4, -0.2) is 47.9 Å². The zero-order chi connectivity index (χ0) is 21.4.